The average Bonchev–Trinajstić information content (AvgIpc) is 2.65. The van der Waals surface area contributed by atoms with Crippen LogP contribution in [0.4, 0.5) is 5.69 Å². The molecule has 0 bridgehead atoms. The van der Waals surface area contributed by atoms with Crippen LogP contribution in [0.2, 0.25) is 0 Å². The maximum absolute atomic E-state index is 12.2. The van der Waals surface area contributed by atoms with Crippen LogP contribution >= 0.6 is 0 Å². The molecule has 0 radical (unpaired) electrons. The second-order valence-electron chi connectivity index (χ2n) is 6.70. The van der Waals surface area contributed by atoms with E-state index in [9.17, 15) is 4.79 Å². The zero-order valence-corrected chi connectivity index (χ0v) is 15.6. The van der Waals surface area contributed by atoms with Gasteiger partial charge in [-0.25, -0.2) is 0 Å². The fourth-order valence-corrected chi connectivity index (χ4v) is 2.94. The Bertz CT molecular complexity index is 515. The van der Waals surface area contributed by atoms with Crippen LogP contribution < -0.4 is 10.6 Å². The van der Waals surface area contributed by atoms with E-state index >= 15 is 0 Å². The molecule has 1 saturated heterocycles. The summed E-state index contributed by atoms with van der Waals surface area (Å²) in [5.74, 6) is 0.587. The molecule has 0 aromatic heterocycles. The zero-order chi connectivity index (χ0) is 17.9. The van der Waals surface area contributed by atoms with Gasteiger partial charge in [0, 0.05) is 18.8 Å². The minimum Gasteiger partial charge on any atom is -0.378 e. The van der Waals surface area contributed by atoms with Crippen LogP contribution in [0.25, 0.3) is 0 Å². The smallest absolute Gasteiger partial charge is 0.243 e. The van der Waals surface area contributed by atoms with Gasteiger partial charge in [0.05, 0.1) is 19.8 Å². The number of unbranched alkanes of at least 4 members (excludes halogenated alkanes) is 1. The van der Waals surface area contributed by atoms with Gasteiger partial charge in [0.1, 0.15) is 6.04 Å². The molecular formula is C20H32N2O3. The molecule has 25 heavy (non-hydrogen) atoms. The summed E-state index contributed by atoms with van der Waals surface area (Å²) in [6.07, 6.45) is 4.90. The number of nitrogens with one attached hydrogen (secondary N) is 2. The van der Waals surface area contributed by atoms with Gasteiger partial charge in [0.15, 0.2) is 0 Å². The molecule has 2 unspecified atom stereocenters. The van der Waals surface area contributed by atoms with Gasteiger partial charge >= 0.3 is 0 Å². The van der Waals surface area contributed by atoms with Crippen molar-refractivity contribution in [3.05, 3.63) is 29.8 Å². The van der Waals surface area contributed by atoms with Gasteiger partial charge in [-0.2, -0.15) is 0 Å². The van der Waals surface area contributed by atoms with E-state index in [2.05, 4.69) is 24.5 Å². The van der Waals surface area contributed by atoms with Crippen molar-refractivity contribution in [1.82, 2.24) is 5.32 Å². The minimum atomic E-state index is -0.280. The van der Waals surface area contributed by atoms with Crippen molar-refractivity contribution in [2.24, 2.45) is 5.92 Å². The Morgan fingerprint density at radius 2 is 2.32 bits per heavy atom. The first-order valence-electron chi connectivity index (χ1n) is 9.51. The first-order chi connectivity index (χ1) is 12.2. The molecule has 1 aliphatic heterocycles. The first-order valence-corrected chi connectivity index (χ1v) is 9.51. The van der Waals surface area contributed by atoms with Crippen molar-refractivity contribution in [2.45, 2.75) is 52.2 Å². The Morgan fingerprint density at radius 1 is 1.44 bits per heavy atom. The van der Waals surface area contributed by atoms with Crippen LogP contribution in [-0.4, -0.2) is 38.3 Å². The van der Waals surface area contributed by atoms with E-state index in [4.69, 9.17) is 9.47 Å². The van der Waals surface area contributed by atoms with Crippen molar-refractivity contribution >= 4 is 11.6 Å². The molecule has 1 aliphatic rings. The Hall–Kier alpha value is -1.43. The molecular weight excluding hydrogens is 316 g/mol. The molecule has 2 N–H and O–H groups in total. The topological polar surface area (TPSA) is 59.6 Å². The zero-order valence-electron chi connectivity index (χ0n) is 15.6. The summed E-state index contributed by atoms with van der Waals surface area (Å²) in [5, 5.41) is 6.12. The fraction of sp³-hybridized carbons (Fsp3) is 0.650. The molecule has 1 amide bonds. The van der Waals surface area contributed by atoms with Crippen molar-refractivity contribution in [2.75, 3.05) is 31.7 Å². The lowest BCUT2D eigenvalue weighted by Crippen LogP contribution is -2.48. The number of anilines is 1. The average molecular weight is 348 g/mol. The van der Waals surface area contributed by atoms with E-state index in [1.54, 1.807) is 0 Å². The molecule has 2 atom stereocenters. The Balaban J connectivity index is 1.78. The van der Waals surface area contributed by atoms with E-state index < -0.39 is 0 Å². The lowest BCUT2D eigenvalue weighted by atomic mass is 10.0. The van der Waals surface area contributed by atoms with Gasteiger partial charge < -0.3 is 20.1 Å². The predicted octanol–water partition coefficient (Wildman–Crippen LogP) is 3.35. The molecule has 140 valence electrons. The van der Waals surface area contributed by atoms with E-state index in [0.29, 0.717) is 32.3 Å². The first kappa shape index (κ1) is 19.9. The summed E-state index contributed by atoms with van der Waals surface area (Å²) in [6.45, 7) is 7.62. The quantitative estimate of drug-likeness (QED) is 0.681. The molecule has 1 fully saturated rings. The number of ether oxygens (including phenoxy) is 2. The number of morpholine rings is 1. The van der Waals surface area contributed by atoms with Gasteiger partial charge in [-0.1, -0.05) is 45.2 Å². The summed E-state index contributed by atoms with van der Waals surface area (Å²) in [4.78, 5) is 12.2. The van der Waals surface area contributed by atoms with Gasteiger partial charge in [0.25, 0.3) is 0 Å². The monoisotopic (exact) mass is 348 g/mol. The predicted molar refractivity (Wildman–Crippen MR) is 101 cm³/mol. The highest BCUT2D eigenvalue weighted by Gasteiger charge is 2.21. The summed E-state index contributed by atoms with van der Waals surface area (Å²) in [6, 6.07) is 7.59. The van der Waals surface area contributed by atoms with Crippen LogP contribution in [0.3, 0.4) is 0 Å². The van der Waals surface area contributed by atoms with Gasteiger partial charge in [-0.3, -0.25) is 4.79 Å². The Labute approximate surface area is 151 Å². The minimum absolute atomic E-state index is 0.0524. The molecule has 1 heterocycles. The highest BCUT2D eigenvalue weighted by atomic mass is 16.5. The van der Waals surface area contributed by atoms with Crippen LogP contribution in [0.15, 0.2) is 24.3 Å². The standard InChI is InChI=1S/C20H32N2O3/c1-3-5-7-16(4-2)13-25-14-17-8-6-9-18(12-17)22-20(23)19-15-24-11-10-21-19/h6,8-9,12,16,19,21H,3-5,7,10-11,13-15H2,1-2H3,(H,22,23). The van der Waals surface area contributed by atoms with Crippen molar-refractivity contribution in [3.8, 4) is 0 Å². The second kappa shape index (κ2) is 11.2. The summed E-state index contributed by atoms with van der Waals surface area (Å²) >= 11 is 0. The largest absolute Gasteiger partial charge is 0.378 e. The SMILES string of the molecule is CCCCC(CC)COCc1cccc(NC(=O)C2COCCN2)c1. The fourth-order valence-electron chi connectivity index (χ4n) is 2.94. The van der Waals surface area contributed by atoms with Gasteiger partial charge in [0.2, 0.25) is 5.91 Å². The third-order valence-electron chi connectivity index (χ3n) is 4.60. The third kappa shape index (κ3) is 7.14. The van der Waals surface area contributed by atoms with Crippen molar-refractivity contribution in [3.63, 3.8) is 0 Å². The van der Waals surface area contributed by atoms with E-state index in [1.807, 2.05) is 24.3 Å². The normalized spacial score (nSPS) is 18.7. The van der Waals surface area contributed by atoms with Crippen molar-refractivity contribution < 1.29 is 14.3 Å². The second-order valence-corrected chi connectivity index (χ2v) is 6.70. The Morgan fingerprint density at radius 3 is 3.04 bits per heavy atom. The summed E-state index contributed by atoms with van der Waals surface area (Å²) < 4.78 is 11.2. The third-order valence-corrected chi connectivity index (χ3v) is 4.60. The molecule has 1 aromatic carbocycles. The van der Waals surface area contributed by atoms with Crippen LogP contribution in [0.1, 0.15) is 45.1 Å². The number of amides is 1. The molecule has 5 nitrogen and oxygen atoms in total. The van der Waals surface area contributed by atoms with Crippen LogP contribution in [0.5, 0.6) is 0 Å². The number of rotatable bonds is 10. The van der Waals surface area contributed by atoms with E-state index in [1.165, 1.54) is 19.3 Å². The number of carbonyl (C=O) groups excluding carboxylic acids is 1. The number of hydrogen-bond acceptors (Lipinski definition) is 4. The number of benzene rings is 1. The highest BCUT2D eigenvalue weighted by Crippen LogP contribution is 2.16. The van der Waals surface area contributed by atoms with Crippen molar-refractivity contribution in [1.29, 1.82) is 0 Å². The maximum atomic E-state index is 12.2. The molecule has 0 saturated carbocycles. The van der Waals surface area contributed by atoms with E-state index in [-0.39, 0.29) is 11.9 Å². The molecule has 5 heteroatoms. The van der Waals surface area contributed by atoms with Crippen LogP contribution in [-0.2, 0) is 20.9 Å². The lowest BCUT2D eigenvalue weighted by molar-refractivity contribution is -0.120. The molecule has 2 rings (SSSR count). The number of carbonyl (C=O) groups is 1. The molecule has 1 aromatic rings. The van der Waals surface area contributed by atoms with Crippen LogP contribution in [0, 0.1) is 5.92 Å². The molecule has 0 aliphatic carbocycles. The van der Waals surface area contributed by atoms with Gasteiger partial charge in [-0.05, 0) is 30.0 Å². The lowest BCUT2D eigenvalue weighted by Gasteiger charge is -2.23. The molecule has 0 spiro atoms. The summed E-state index contributed by atoms with van der Waals surface area (Å²) in [7, 11) is 0. The maximum Gasteiger partial charge on any atom is 0.243 e. The highest BCUT2D eigenvalue weighted by molar-refractivity contribution is 5.95. The number of hydrogen-bond donors (Lipinski definition) is 2. The Kier molecular flexibility index (Phi) is 8.94. The van der Waals surface area contributed by atoms with E-state index in [0.717, 1.165) is 24.3 Å². The van der Waals surface area contributed by atoms with Gasteiger partial charge in [-0.15, -0.1) is 0 Å². The summed E-state index contributed by atoms with van der Waals surface area (Å²) in [5.41, 5.74) is 1.88.